The molecule has 0 saturated carbocycles. The van der Waals surface area contributed by atoms with Gasteiger partial charge in [0.2, 0.25) is 0 Å². The van der Waals surface area contributed by atoms with Crippen LogP contribution in [0.5, 0.6) is 0 Å². The fraction of sp³-hybridized carbons (Fsp3) is 0.385. The first kappa shape index (κ1) is 12.6. The first-order valence-electron chi connectivity index (χ1n) is 5.98. The smallest absolute Gasteiger partial charge is 0.326 e. The summed E-state index contributed by atoms with van der Waals surface area (Å²) in [5, 5.41) is 2.69. The average Bonchev–Trinajstić information content (AvgIpc) is 2.65. The SMILES string of the molecule is CC(C)C1NC(=O)N(c2ccc(CN)cc2)C1=O. The predicted molar refractivity (Wildman–Crippen MR) is 69.0 cm³/mol. The molecule has 0 radical (unpaired) electrons. The van der Waals surface area contributed by atoms with Crippen molar-refractivity contribution in [3.05, 3.63) is 29.8 Å². The first-order valence-corrected chi connectivity index (χ1v) is 5.98. The highest BCUT2D eigenvalue weighted by Crippen LogP contribution is 2.22. The van der Waals surface area contributed by atoms with Crippen LogP contribution in [0.4, 0.5) is 10.5 Å². The molecule has 1 saturated heterocycles. The Bertz CT molecular complexity index is 468. The number of anilines is 1. The number of carbonyl (C=O) groups is 2. The fourth-order valence-corrected chi connectivity index (χ4v) is 1.98. The lowest BCUT2D eigenvalue weighted by Crippen LogP contribution is -2.34. The molecule has 0 aromatic heterocycles. The summed E-state index contributed by atoms with van der Waals surface area (Å²) >= 11 is 0. The number of benzene rings is 1. The van der Waals surface area contributed by atoms with E-state index in [0.29, 0.717) is 12.2 Å². The van der Waals surface area contributed by atoms with Crippen molar-refractivity contribution in [1.82, 2.24) is 5.32 Å². The zero-order valence-corrected chi connectivity index (χ0v) is 10.5. The zero-order valence-electron chi connectivity index (χ0n) is 10.5. The normalized spacial score (nSPS) is 19.6. The highest BCUT2D eigenvalue weighted by atomic mass is 16.2. The number of nitrogens with one attached hydrogen (secondary N) is 1. The van der Waals surface area contributed by atoms with Crippen LogP contribution in [0.1, 0.15) is 19.4 Å². The number of hydrogen-bond acceptors (Lipinski definition) is 3. The van der Waals surface area contributed by atoms with E-state index in [-0.39, 0.29) is 17.9 Å². The van der Waals surface area contributed by atoms with Gasteiger partial charge in [-0.05, 0) is 23.6 Å². The van der Waals surface area contributed by atoms with Crippen molar-refractivity contribution in [3.8, 4) is 0 Å². The Balaban J connectivity index is 2.27. The Hall–Kier alpha value is -1.88. The van der Waals surface area contributed by atoms with Gasteiger partial charge in [-0.1, -0.05) is 26.0 Å². The first-order chi connectivity index (χ1) is 8.54. The summed E-state index contributed by atoms with van der Waals surface area (Å²) in [4.78, 5) is 25.1. The molecule has 3 N–H and O–H groups in total. The number of hydrogen-bond donors (Lipinski definition) is 2. The molecular weight excluding hydrogens is 230 g/mol. The van der Waals surface area contributed by atoms with Crippen LogP contribution in [0, 0.1) is 5.92 Å². The Morgan fingerprint density at radius 1 is 1.28 bits per heavy atom. The van der Waals surface area contributed by atoms with Crippen LogP contribution in [0.25, 0.3) is 0 Å². The second kappa shape index (κ2) is 4.78. The number of imide groups is 1. The second-order valence-electron chi connectivity index (χ2n) is 4.72. The Kier molecular flexibility index (Phi) is 3.34. The summed E-state index contributed by atoms with van der Waals surface area (Å²) in [7, 11) is 0. The summed E-state index contributed by atoms with van der Waals surface area (Å²) in [6, 6.07) is 6.31. The van der Waals surface area contributed by atoms with Crippen molar-refractivity contribution in [1.29, 1.82) is 0 Å². The van der Waals surface area contributed by atoms with E-state index in [2.05, 4.69) is 5.32 Å². The van der Waals surface area contributed by atoms with Crippen LogP contribution < -0.4 is 16.0 Å². The van der Waals surface area contributed by atoms with E-state index in [0.717, 1.165) is 5.56 Å². The van der Waals surface area contributed by atoms with E-state index in [1.54, 1.807) is 12.1 Å². The van der Waals surface area contributed by atoms with Crippen LogP contribution in [-0.2, 0) is 11.3 Å². The van der Waals surface area contributed by atoms with Gasteiger partial charge < -0.3 is 11.1 Å². The third-order valence-corrected chi connectivity index (χ3v) is 3.07. The van der Waals surface area contributed by atoms with E-state index in [4.69, 9.17) is 5.73 Å². The van der Waals surface area contributed by atoms with Gasteiger partial charge in [-0.3, -0.25) is 4.79 Å². The van der Waals surface area contributed by atoms with Gasteiger partial charge in [0.1, 0.15) is 6.04 Å². The minimum Gasteiger partial charge on any atom is -0.326 e. The second-order valence-corrected chi connectivity index (χ2v) is 4.72. The minimum absolute atomic E-state index is 0.0785. The molecule has 1 atom stereocenters. The molecule has 1 aromatic rings. The molecule has 1 heterocycles. The van der Waals surface area contributed by atoms with Crippen LogP contribution >= 0.6 is 0 Å². The molecule has 18 heavy (non-hydrogen) atoms. The van der Waals surface area contributed by atoms with Crippen molar-refractivity contribution in [3.63, 3.8) is 0 Å². The van der Waals surface area contributed by atoms with Crippen molar-refractivity contribution in [2.75, 3.05) is 4.90 Å². The summed E-state index contributed by atoms with van der Waals surface area (Å²) in [6.45, 7) is 4.25. The Morgan fingerprint density at radius 3 is 2.33 bits per heavy atom. The highest BCUT2D eigenvalue weighted by Gasteiger charge is 2.40. The van der Waals surface area contributed by atoms with Crippen LogP contribution in [0.15, 0.2) is 24.3 Å². The number of urea groups is 1. The minimum atomic E-state index is -0.438. The monoisotopic (exact) mass is 247 g/mol. The van der Waals surface area contributed by atoms with Crippen LogP contribution in [0.3, 0.4) is 0 Å². The van der Waals surface area contributed by atoms with Gasteiger partial charge >= 0.3 is 6.03 Å². The number of nitrogens with two attached hydrogens (primary N) is 1. The maximum atomic E-state index is 12.1. The zero-order chi connectivity index (χ0) is 13.3. The maximum Gasteiger partial charge on any atom is 0.329 e. The average molecular weight is 247 g/mol. The van der Waals surface area contributed by atoms with Crippen molar-refractivity contribution in [2.24, 2.45) is 11.7 Å². The molecule has 1 aliphatic rings. The molecular formula is C13H17N3O2. The van der Waals surface area contributed by atoms with E-state index >= 15 is 0 Å². The van der Waals surface area contributed by atoms with E-state index < -0.39 is 6.04 Å². The lowest BCUT2D eigenvalue weighted by Gasteiger charge is -2.14. The van der Waals surface area contributed by atoms with E-state index in [1.165, 1.54) is 4.90 Å². The fourth-order valence-electron chi connectivity index (χ4n) is 1.98. The number of nitrogens with zero attached hydrogens (tertiary/aromatic N) is 1. The molecule has 1 unspecified atom stereocenters. The van der Waals surface area contributed by atoms with Gasteiger partial charge in [-0.25, -0.2) is 9.69 Å². The molecule has 0 aliphatic carbocycles. The topological polar surface area (TPSA) is 75.4 Å². The third kappa shape index (κ3) is 2.09. The van der Waals surface area contributed by atoms with Crippen LogP contribution in [0.2, 0.25) is 0 Å². The van der Waals surface area contributed by atoms with E-state index in [1.807, 2.05) is 26.0 Å². The highest BCUT2D eigenvalue weighted by molar-refractivity contribution is 6.21. The molecule has 0 spiro atoms. The number of rotatable bonds is 3. The van der Waals surface area contributed by atoms with Gasteiger partial charge in [0.05, 0.1) is 5.69 Å². The summed E-state index contributed by atoms with van der Waals surface area (Å²) < 4.78 is 0. The van der Waals surface area contributed by atoms with Crippen molar-refractivity contribution >= 4 is 17.6 Å². The molecule has 3 amide bonds. The lowest BCUT2D eigenvalue weighted by molar-refractivity contribution is -0.119. The van der Waals surface area contributed by atoms with Gasteiger partial charge in [-0.2, -0.15) is 0 Å². The lowest BCUT2D eigenvalue weighted by atomic mass is 10.0. The third-order valence-electron chi connectivity index (χ3n) is 3.07. The van der Waals surface area contributed by atoms with Gasteiger partial charge in [0, 0.05) is 6.54 Å². The van der Waals surface area contributed by atoms with Gasteiger partial charge in [0.25, 0.3) is 5.91 Å². The molecule has 0 bridgehead atoms. The summed E-state index contributed by atoms with van der Waals surface area (Å²) in [5.74, 6) is -0.120. The van der Waals surface area contributed by atoms with Crippen molar-refractivity contribution < 1.29 is 9.59 Å². The quantitative estimate of drug-likeness (QED) is 0.789. The van der Waals surface area contributed by atoms with E-state index in [9.17, 15) is 9.59 Å². The number of carbonyl (C=O) groups excluding carboxylic acids is 2. The molecule has 1 fully saturated rings. The summed E-state index contributed by atoms with van der Waals surface area (Å²) in [5.41, 5.74) is 7.06. The van der Waals surface area contributed by atoms with Gasteiger partial charge in [-0.15, -0.1) is 0 Å². The molecule has 1 aromatic carbocycles. The predicted octanol–water partition coefficient (Wildman–Crippen LogP) is 1.23. The molecule has 1 aliphatic heterocycles. The van der Waals surface area contributed by atoms with Crippen LogP contribution in [-0.4, -0.2) is 18.0 Å². The number of amides is 3. The largest absolute Gasteiger partial charge is 0.329 e. The molecule has 96 valence electrons. The standard InChI is InChI=1S/C13H17N3O2/c1-8(2)11-12(17)16(13(18)15-11)10-5-3-9(7-14)4-6-10/h3-6,8,11H,7,14H2,1-2H3,(H,15,18). The summed E-state index contributed by atoms with van der Waals surface area (Å²) in [6.07, 6.45) is 0. The van der Waals surface area contributed by atoms with Crippen molar-refractivity contribution in [2.45, 2.75) is 26.4 Å². The maximum absolute atomic E-state index is 12.1. The van der Waals surface area contributed by atoms with Gasteiger partial charge in [0.15, 0.2) is 0 Å². The Labute approximate surface area is 106 Å². The Morgan fingerprint density at radius 2 is 1.89 bits per heavy atom. The molecule has 5 nitrogen and oxygen atoms in total. The molecule has 2 rings (SSSR count). The molecule has 5 heteroatoms.